The lowest BCUT2D eigenvalue weighted by atomic mass is 9.95. The molecule has 0 heterocycles. The summed E-state index contributed by atoms with van der Waals surface area (Å²) in [5, 5.41) is 20.7. The van der Waals surface area contributed by atoms with Gasteiger partial charge in [0.2, 0.25) is 8.32 Å². The van der Waals surface area contributed by atoms with E-state index < -0.39 is 14.4 Å². The second-order valence-corrected chi connectivity index (χ2v) is 12.5. The van der Waals surface area contributed by atoms with Gasteiger partial charge in [-0.25, -0.2) is 0 Å². The standard InChI is InChI=1S/C20H28O3Si/c1-14(21)19-16(15-10-7-8-12-17(15)22)11-9-13-18(19)23-24(5,6)20(2,3)4/h7-14,21-22H,1-6H3. The molecule has 1 unspecified atom stereocenters. The molecule has 0 bridgehead atoms. The van der Waals surface area contributed by atoms with Crippen molar-refractivity contribution in [2.24, 2.45) is 0 Å². The number of phenols is 1. The lowest BCUT2D eigenvalue weighted by Crippen LogP contribution is -2.44. The third kappa shape index (κ3) is 3.65. The van der Waals surface area contributed by atoms with Crippen molar-refractivity contribution in [3.8, 4) is 22.6 Å². The number of phenolic OH excluding ortho intramolecular Hbond substituents is 1. The Morgan fingerprint density at radius 3 is 2.08 bits per heavy atom. The normalized spacial score (nSPS) is 13.6. The predicted molar refractivity (Wildman–Crippen MR) is 102 cm³/mol. The minimum Gasteiger partial charge on any atom is -0.543 e. The number of para-hydroxylation sites is 1. The first-order valence-electron chi connectivity index (χ1n) is 8.33. The van der Waals surface area contributed by atoms with Crippen molar-refractivity contribution in [3.05, 3.63) is 48.0 Å². The number of benzene rings is 2. The molecule has 2 rings (SSSR count). The van der Waals surface area contributed by atoms with E-state index in [-0.39, 0.29) is 10.8 Å². The lowest BCUT2D eigenvalue weighted by molar-refractivity contribution is 0.197. The van der Waals surface area contributed by atoms with Crippen molar-refractivity contribution in [2.75, 3.05) is 0 Å². The minimum absolute atomic E-state index is 0.0633. The van der Waals surface area contributed by atoms with E-state index in [1.54, 1.807) is 19.1 Å². The van der Waals surface area contributed by atoms with Gasteiger partial charge in [-0.05, 0) is 42.8 Å². The summed E-state index contributed by atoms with van der Waals surface area (Å²) < 4.78 is 6.46. The molecule has 24 heavy (non-hydrogen) atoms. The zero-order valence-electron chi connectivity index (χ0n) is 15.4. The highest BCUT2D eigenvalue weighted by molar-refractivity contribution is 6.74. The molecule has 2 aromatic carbocycles. The molecule has 0 saturated heterocycles. The van der Waals surface area contributed by atoms with E-state index >= 15 is 0 Å². The molecule has 0 amide bonds. The van der Waals surface area contributed by atoms with Crippen LogP contribution in [0, 0.1) is 0 Å². The summed E-state index contributed by atoms with van der Waals surface area (Å²) in [7, 11) is -2.03. The molecule has 0 aromatic heterocycles. The second kappa shape index (κ2) is 6.61. The number of aromatic hydroxyl groups is 1. The fourth-order valence-corrected chi connectivity index (χ4v) is 3.46. The Bertz CT molecular complexity index is 715. The monoisotopic (exact) mass is 344 g/mol. The zero-order chi connectivity index (χ0) is 18.1. The van der Waals surface area contributed by atoms with E-state index in [1.807, 2.05) is 30.3 Å². The quantitative estimate of drug-likeness (QED) is 0.720. The van der Waals surface area contributed by atoms with Crippen LogP contribution in [0.3, 0.4) is 0 Å². The summed E-state index contributed by atoms with van der Waals surface area (Å²) in [5.74, 6) is 0.904. The molecule has 0 fully saturated rings. The molecular formula is C20H28O3Si. The second-order valence-electron chi connectivity index (χ2n) is 7.77. The predicted octanol–water partition coefficient (Wildman–Crippen LogP) is 5.50. The Morgan fingerprint density at radius 1 is 0.958 bits per heavy atom. The maximum absolute atomic E-state index is 10.4. The van der Waals surface area contributed by atoms with Gasteiger partial charge in [0.1, 0.15) is 11.5 Å². The number of aliphatic hydroxyl groups excluding tert-OH is 1. The van der Waals surface area contributed by atoms with Gasteiger partial charge in [0, 0.05) is 11.1 Å². The van der Waals surface area contributed by atoms with Crippen LogP contribution in [0.15, 0.2) is 42.5 Å². The molecule has 0 radical (unpaired) electrons. The SMILES string of the molecule is CC(O)c1c(O[Si](C)(C)C(C)(C)C)cccc1-c1ccccc1O. The van der Waals surface area contributed by atoms with Gasteiger partial charge in [-0.15, -0.1) is 0 Å². The molecule has 0 aliphatic heterocycles. The summed E-state index contributed by atoms with van der Waals surface area (Å²) in [6.07, 6.45) is -0.694. The van der Waals surface area contributed by atoms with Gasteiger partial charge < -0.3 is 14.6 Å². The Hall–Kier alpha value is -1.78. The Labute approximate surface area is 146 Å². The molecule has 2 N–H and O–H groups in total. The Kier molecular flexibility index (Phi) is 5.11. The van der Waals surface area contributed by atoms with E-state index in [2.05, 4.69) is 33.9 Å². The topological polar surface area (TPSA) is 49.7 Å². The summed E-state index contributed by atoms with van der Waals surface area (Å²) >= 11 is 0. The molecule has 0 aliphatic rings. The lowest BCUT2D eigenvalue weighted by Gasteiger charge is -2.37. The molecule has 3 nitrogen and oxygen atoms in total. The Balaban J connectivity index is 2.60. The maximum Gasteiger partial charge on any atom is 0.250 e. The fourth-order valence-electron chi connectivity index (χ4n) is 2.43. The molecule has 130 valence electrons. The largest absolute Gasteiger partial charge is 0.543 e. The molecule has 0 aliphatic carbocycles. The number of aliphatic hydroxyl groups is 1. The van der Waals surface area contributed by atoms with Crippen molar-refractivity contribution in [1.82, 2.24) is 0 Å². The van der Waals surface area contributed by atoms with Crippen molar-refractivity contribution in [2.45, 2.75) is 51.9 Å². The van der Waals surface area contributed by atoms with Crippen molar-refractivity contribution in [1.29, 1.82) is 0 Å². The maximum atomic E-state index is 10.4. The van der Waals surface area contributed by atoms with Crippen LogP contribution >= 0.6 is 0 Å². The van der Waals surface area contributed by atoms with Crippen LogP contribution in [0.5, 0.6) is 11.5 Å². The van der Waals surface area contributed by atoms with Crippen molar-refractivity contribution in [3.63, 3.8) is 0 Å². The first kappa shape index (κ1) is 18.6. The average Bonchev–Trinajstić information content (AvgIpc) is 2.45. The minimum atomic E-state index is -2.03. The molecular weight excluding hydrogens is 316 g/mol. The number of hydrogen-bond donors (Lipinski definition) is 2. The van der Waals surface area contributed by atoms with Crippen LogP contribution in [0.4, 0.5) is 0 Å². The third-order valence-electron chi connectivity index (χ3n) is 4.85. The van der Waals surface area contributed by atoms with Gasteiger partial charge in [0.05, 0.1) is 6.10 Å². The van der Waals surface area contributed by atoms with Gasteiger partial charge in [-0.1, -0.05) is 51.1 Å². The van der Waals surface area contributed by atoms with Crippen LogP contribution < -0.4 is 4.43 Å². The van der Waals surface area contributed by atoms with Crippen LogP contribution in [0.1, 0.15) is 39.4 Å². The first-order chi connectivity index (χ1) is 11.0. The zero-order valence-corrected chi connectivity index (χ0v) is 16.4. The van der Waals surface area contributed by atoms with Crippen LogP contribution in [0.2, 0.25) is 18.1 Å². The van der Waals surface area contributed by atoms with E-state index in [0.717, 1.165) is 11.1 Å². The summed E-state index contributed by atoms with van der Waals surface area (Å²) in [6, 6.07) is 12.9. The van der Waals surface area contributed by atoms with E-state index in [0.29, 0.717) is 11.3 Å². The number of hydrogen-bond acceptors (Lipinski definition) is 3. The highest BCUT2D eigenvalue weighted by Gasteiger charge is 2.39. The smallest absolute Gasteiger partial charge is 0.250 e. The molecule has 0 spiro atoms. The number of rotatable bonds is 4. The van der Waals surface area contributed by atoms with Crippen LogP contribution in [-0.4, -0.2) is 18.5 Å². The van der Waals surface area contributed by atoms with E-state index in [1.165, 1.54) is 0 Å². The van der Waals surface area contributed by atoms with Crippen molar-refractivity contribution < 1.29 is 14.6 Å². The van der Waals surface area contributed by atoms with Gasteiger partial charge in [0.25, 0.3) is 0 Å². The molecule has 1 atom stereocenters. The average molecular weight is 345 g/mol. The summed E-state index contributed by atoms with van der Waals surface area (Å²) in [6.45, 7) is 12.7. The van der Waals surface area contributed by atoms with Crippen molar-refractivity contribution >= 4 is 8.32 Å². The van der Waals surface area contributed by atoms with E-state index in [9.17, 15) is 10.2 Å². The first-order valence-corrected chi connectivity index (χ1v) is 11.2. The fraction of sp³-hybridized carbons (Fsp3) is 0.400. The van der Waals surface area contributed by atoms with Gasteiger partial charge in [-0.3, -0.25) is 0 Å². The van der Waals surface area contributed by atoms with Gasteiger partial charge >= 0.3 is 0 Å². The van der Waals surface area contributed by atoms with Gasteiger partial charge in [-0.2, -0.15) is 0 Å². The highest BCUT2D eigenvalue weighted by atomic mass is 28.4. The highest BCUT2D eigenvalue weighted by Crippen LogP contribution is 2.43. The summed E-state index contributed by atoms with van der Waals surface area (Å²) in [5.41, 5.74) is 2.23. The molecule has 2 aromatic rings. The van der Waals surface area contributed by atoms with Crippen LogP contribution in [0.25, 0.3) is 11.1 Å². The molecule has 4 heteroatoms. The van der Waals surface area contributed by atoms with E-state index in [4.69, 9.17) is 4.43 Å². The van der Waals surface area contributed by atoms with Gasteiger partial charge in [0.15, 0.2) is 0 Å². The molecule has 0 saturated carbocycles. The summed E-state index contributed by atoms with van der Waals surface area (Å²) in [4.78, 5) is 0. The third-order valence-corrected chi connectivity index (χ3v) is 9.19. The Morgan fingerprint density at radius 2 is 1.54 bits per heavy atom. The van der Waals surface area contributed by atoms with Crippen LogP contribution in [-0.2, 0) is 0 Å².